The highest BCUT2D eigenvalue weighted by atomic mass is 32.2. The SMILES string of the molecule is COc1ccc2c(c1)SC(c1ccc(F)c(F)c1)CCN2Cc1cc(OC)c(O)c(OC)c1. The number of phenols is 1. The van der Waals surface area contributed by atoms with E-state index in [4.69, 9.17) is 14.2 Å². The molecule has 1 heterocycles. The molecule has 0 aromatic heterocycles. The molecular weight excluding hydrogens is 448 g/mol. The summed E-state index contributed by atoms with van der Waals surface area (Å²) in [6.45, 7) is 1.22. The molecule has 1 unspecified atom stereocenters. The zero-order chi connectivity index (χ0) is 23.5. The minimum absolute atomic E-state index is 0.0429. The van der Waals surface area contributed by atoms with Crippen LogP contribution in [-0.2, 0) is 6.54 Å². The van der Waals surface area contributed by atoms with Crippen LogP contribution in [0.2, 0.25) is 0 Å². The van der Waals surface area contributed by atoms with Crippen LogP contribution in [0.15, 0.2) is 53.4 Å². The van der Waals surface area contributed by atoms with E-state index in [-0.39, 0.29) is 11.0 Å². The maximum atomic E-state index is 13.9. The number of methoxy groups -OCH3 is 3. The Labute approximate surface area is 195 Å². The fourth-order valence-corrected chi connectivity index (χ4v) is 5.27. The summed E-state index contributed by atoms with van der Waals surface area (Å²) in [7, 11) is 4.60. The molecule has 0 fully saturated rings. The summed E-state index contributed by atoms with van der Waals surface area (Å²) in [5, 5.41) is 10.2. The van der Waals surface area contributed by atoms with Crippen LogP contribution in [0.3, 0.4) is 0 Å². The Kier molecular flexibility index (Phi) is 6.83. The monoisotopic (exact) mass is 473 g/mol. The lowest BCUT2D eigenvalue weighted by molar-refractivity contribution is 0.339. The van der Waals surface area contributed by atoms with E-state index in [0.29, 0.717) is 24.6 Å². The van der Waals surface area contributed by atoms with Gasteiger partial charge in [-0.15, -0.1) is 11.8 Å². The third kappa shape index (κ3) is 4.80. The van der Waals surface area contributed by atoms with E-state index in [1.54, 1.807) is 37.1 Å². The number of rotatable bonds is 6. The van der Waals surface area contributed by atoms with Crippen molar-refractivity contribution in [1.82, 2.24) is 0 Å². The average Bonchev–Trinajstić information content (AvgIpc) is 3.00. The number of fused-ring (bicyclic) bond motifs is 1. The van der Waals surface area contributed by atoms with Crippen molar-refractivity contribution in [1.29, 1.82) is 0 Å². The summed E-state index contributed by atoms with van der Waals surface area (Å²) in [5.74, 6) is -0.343. The van der Waals surface area contributed by atoms with E-state index in [1.165, 1.54) is 26.4 Å². The van der Waals surface area contributed by atoms with Crippen molar-refractivity contribution in [2.24, 2.45) is 0 Å². The lowest BCUT2D eigenvalue weighted by Gasteiger charge is -2.25. The van der Waals surface area contributed by atoms with Gasteiger partial charge in [0.1, 0.15) is 5.75 Å². The lowest BCUT2D eigenvalue weighted by Crippen LogP contribution is -2.24. The molecule has 0 radical (unpaired) electrons. The van der Waals surface area contributed by atoms with Crippen molar-refractivity contribution < 1.29 is 28.1 Å². The van der Waals surface area contributed by atoms with Crippen LogP contribution in [-0.4, -0.2) is 33.0 Å². The Morgan fingerprint density at radius 3 is 2.30 bits per heavy atom. The molecule has 0 saturated heterocycles. The maximum Gasteiger partial charge on any atom is 0.200 e. The van der Waals surface area contributed by atoms with E-state index in [1.807, 2.05) is 18.2 Å². The van der Waals surface area contributed by atoms with Crippen LogP contribution in [0.25, 0.3) is 0 Å². The van der Waals surface area contributed by atoms with Gasteiger partial charge < -0.3 is 24.2 Å². The van der Waals surface area contributed by atoms with Crippen molar-refractivity contribution in [2.75, 3.05) is 32.8 Å². The Balaban J connectivity index is 1.70. The molecule has 8 heteroatoms. The number of ether oxygens (including phenoxy) is 3. The van der Waals surface area contributed by atoms with Gasteiger partial charge in [0.05, 0.1) is 27.0 Å². The van der Waals surface area contributed by atoms with Gasteiger partial charge in [-0.05, 0) is 60.0 Å². The number of aromatic hydroxyl groups is 1. The van der Waals surface area contributed by atoms with Crippen LogP contribution >= 0.6 is 11.8 Å². The Hall–Kier alpha value is -3.13. The molecule has 5 nitrogen and oxygen atoms in total. The molecule has 3 aromatic rings. The van der Waals surface area contributed by atoms with Gasteiger partial charge >= 0.3 is 0 Å². The Bertz CT molecular complexity index is 1130. The second-order valence-electron chi connectivity index (χ2n) is 7.67. The summed E-state index contributed by atoms with van der Waals surface area (Å²) < 4.78 is 43.5. The van der Waals surface area contributed by atoms with Crippen molar-refractivity contribution in [3.8, 4) is 23.0 Å². The fraction of sp³-hybridized carbons (Fsp3) is 0.280. The first-order chi connectivity index (χ1) is 15.9. The van der Waals surface area contributed by atoms with Gasteiger partial charge in [-0.2, -0.15) is 0 Å². The minimum Gasteiger partial charge on any atom is -0.502 e. The van der Waals surface area contributed by atoms with Crippen molar-refractivity contribution >= 4 is 17.4 Å². The number of anilines is 1. The Morgan fingerprint density at radius 1 is 0.939 bits per heavy atom. The molecular formula is C25H25F2NO4S. The van der Waals surface area contributed by atoms with Gasteiger partial charge in [0.25, 0.3) is 0 Å². The third-order valence-corrected chi connectivity index (χ3v) is 7.04. The maximum absolute atomic E-state index is 13.9. The predicted molar refractivity (Wildman–Crippen MR) is 125 cm³/mol. The zero-order valence-electron chi connectivity index (χ0n) is 18.6. The van der Waals surface area contributed by atoms with Crippen molar-refractivity contribution in [3.05, 3.63) is 71.3 Å². The topological polar surface area (TPSA) is 51.2 Å². The molecule has 1 aliphatic heterocycles. The number of nitrogens with zero attached hydrogens (tertiary/aromatic N) is 1. The predicted octanol–water partition coefficient (Wildman–Crippen LogP) is 5.94. The highest BCUT2D eigenvalue weighted by Gasteiger charge is 2.25. The summed E-state index contributed by atoms with van der Waals surface area (Å²) in [6, 6.07) is 13.5. The molecule has 0 aliphatic carbocycles. The number of thioether (sulfide) groups is 1. The first kappa shape index (κ1) is 23.0. The van der Waals surface area contributed by atoms with Crippen molar-refractivity contribution in [3.63, 3.8) is 0 Å². The van der Waals surface area contributed by atoms with Crippen LogP contribution in [0, 0.1) is 11.6 Å². The van der Waals surface area contributed by atoms with Gasteiger partial charge in [-0.1, -0.05) is 6.07 Å². The number of benzene rings is 3. The van der Waals surface area contributed by atoms with E-state index < -0.39 is 11.6 Å². The molecule has 174 valence electrons. The number of phenolic OH excluding ortho intramolecular Hbond substituents is 1. The first-order valence-electron chi connectivity index (χ1n) is 10.4. The van der Waals surface area contributed by atoms with Gasteiger partial charge in [0.15, 0.2) is 23.1 Å². The van der Waals surface area contributed by atoms with Gasteiger partial charge in [-0.25, -0.2) is 8.78 Å². The molecule has 1 aliphatic rings. The highest BCUT2D eigenvalue weighted by Crippen LogP contribution is 2.47. The van der Waals surface area contributed by atoms with E-state index in [2.05, 4.69) is 4.90 Å². The van der Waals surface area contributed by atoms with Crippen LogP contribution in [0.1, 0.15) is 22.8 Å². The summed E-state index contributed by atoms with van der Waals surface area (Å²) in [6.07, 6.45) is 0.721. The first-order valence-corrected chi connectivity index (χ1v) is 11.3. The average molecular weight is 474 g/mol. The van der Waals surface area contributed by atoms with Crippen molar-refractivity contribution in [2.45, 2.75) is 23.1 Å². The smallest absolute Gasteiger partial charge is 0.200 e. The van der Waals surface area contributed by atoms with Crippen LogP contribution < -0.4 is 19.1 Å². The normalized spacial score (nSPS) is 15.5. The molecule has 0 bridgehead atoms. The molecule has 3 aromatic carbocycles. The number of hydrogen-bond donors (Lipinski definition) is 1. The van der Waals surface area contributed by atoms with Gasteiger partial charge in [0, 0.05) is 23.2 Å². The summed E-state index contributed by atoms with van der Waals surface area (Å²) in [5.41, 5.74) is 2.65. The largest absolute Gasteiger partial charge is 0.502 e. The van der Waals surface area contributed by atoms with Gasteiger partial charge in [-0.3, -0.25) is 0 Å². The Morgan fingerprint density at radius 2 is 1.67 bits per heavy atom. The van der Waals surface area contributed by atoms with Crippen LogP contribution in [0.4, 0.5) is 14.5 Å². The standard InChI is InChI=1S/C25H25F2NO4S/c1-30-17-5-7-20-24(13-17)33-23(16-4-6-18(26)19(27)12-16)8-9-28(20)14-15-10-21(31-2)25(29)22(11-15)32-3/h4-7,10-13,23,29H,8-9,14H2,1-3H3. The summed E-state index contributed by atoms with van der Waals surface area (Å²) in [4.78, 5) is 3.20. The number of hydrogen-bond acceptors (Lipinski definition) is 6. The lowest BCUT2D eigenvalue weighted by atomic mass is 10.1. The molecule has 0 amide bonds. The molecule has 4 rings (SSSR count). The van der Waals surface area contributed by atoms with Gasteiger partial charge in [0.2, 0.25) is 5.75 Å². The summed E-state index contributed by atoms with van der Waals surface area (Å²) >= 11 is 1.61. The van der Waals surface area contributed by atoms with E-state index in [0.717, 1.165) is 33.9 Å². The third-order valence-electron chi connectivity index (χ3n) is 5.67. The molecule has 0 saturated carbocycles. The second-order valence-corrected chi connectivity index (χ2v) is 8.92. The molecule has 1 atom stereocenters. The molecule has 0 spiro atoms. The minimum atomic E-state index is -0.851. The second kappa shape index (κ2) is 9.79. The van der Waals surface area contributed by atoms with Crippen LogP contribution in [0.5, 0.6) is 23.0 Å². The quantitative estimate of drug-likeness (QED) is 0.478. The fourth-order valence-electron chi connectivity index (χ4n) is 3.95. The van der Waals surface area contributed by atoms with E-state index >= 15 is 0 Å². The molecule has 33 heavy (non-hydrogen) atoms. The number of halogens is 2. The zero-order valence-corrected chi connectivity index (χ0v) is 19.4. The van der Waals surface area contributed by atoms with E-state index in [9.17, 15) is 13.9 Å². The molecule has 1 N–H and O–H groups in total. The highest BCUT2D eigenvalue weighted by molar-refractivity contribution is 7.99.